The molecule has 0 atom stereocenters. The summed E-state index contributed by atoms with van der Waals surface area (Å²) in [4.78, 5) is 4.54. The van der Waals surface area contributed by atoms with Gasteiger partial charge in [-0.25, -0.2) is 4.98 Å². The van der Waals surface area contributed by atoms with Crippen LogP contribution in [0, 0.1) is 0 Å². The Morgan fingerprint density at radius 3 is 2.79 bits per heavy atom. The Labute approximate surface area is 83.6 Å². The van der Waals surface area contributed by atoms with E-state index in [0.717, 1.165) is 29.9 Å². The van der Waals surface area contributed by atoms with Gasteiger partial charge in [-0.05, 0) is 25.0 Å². The number of fused-ring (bicyclic) bond motifs is 1. The van der Waals surface area contributed by atoms with Crippen LogP contribution in [-0.2, 0) is 12.8 Å². The van der Waals surface area contributed by atoms with Crippen molar-refractivity contribution in [2.45, 2.75) is 26.7 Å². The highest BCUT2D eigenvalue weighted by atomic mass is 15.0. The van der Waals surface area contributed by atoms with Crippen LogP contribution in [-0.4, -0.2) is 9.38 Å². The molecule has 2 aromatic heterocycles. The fourth-order valence-electron chi connectivity index (χ4n) is 1.84. The van der Waals surface area contributed by atoms with Crippen LogP contribution in [0.1, 0.15) is 25.2 Å². The zero-order valence-corrected chi connectivity index (χ0v) is 8.62. The van der Waals surface area contributed by atoms with E-state index in [-0.39, 0.29) is 0 Å². The zero-order chi connectivity index (χ0) is 10.1. The number of nitrogen functional groups attached to an aromatic ring is 1. The number of imidazole rings is 1. The Bertz CT molecular complexity index is 457. The first-order chi connectivity index (χ1) is 6.77. The van der Waals surface area contributed by atoms with E-state index >= 15 is 0 Å². The molecule has 0 unspecified atom stereocenters. The molecule has 0 radical (unpaired) electrons. The smallest absolute Gasteiger partial charge is 0.160 e. The summed E-state index contributed by atoms with van der Waals surface area (Å²) in [5.41, 5.74) is 9.94. The quantitative estimate of drug-likeness (QED) is 0.785. The van der Waals surface area contributed by atoms with Gasteiger partial charge in [0.05, 0.1) is 11.4 Å². The lowest BCUT2D eigenvalue weighted by Crippen LogP contribution is -1.95. The fraction of sp³-hybridized carbons (Fsp3) is 0.364. The monoisotopic (exact) mass is 189 g/mol. The highest BCUT2D eigenvalue weighted by Gasteiger charge is 2.09. The fourth-order valence-corrected chi connectivity index (χ4v) is 1.84. The summed E-state index contributed by atoms with van der Waals surface area (Å²) in [5.74, 6) is 0. The van der Waals surface area contributed by atoms with Gasteiger partial charge < -0.3 is 10.1 Å². The van der Waals surface area contributed by atoms with Gasteiger partial charge in [0.15, 0.2) is 5.65 Å². The molecule has 2 heterocycles. The van der Waals surface area contributed by atoms with Crippen LogP contribution in [0.15, 0.2) is 18.3 Å². The van der Waals surface area contributed by atoms with Crippen LogP contribution in [0.3, 0.4) is 0 Å². The van der Waals surface area contributed by atoms with E-state index in [1.807, 2.05) is 18.3 Å². The topological polar surface area (TPSA) is 43.3 Å². The Balaban J connectivity index is 2.79. The first kappa shape index (κ1) is 9.06. The van der Waals surface area contributed by atoms with Gasteiger partial charge >= 0.3 is 0 Å². The maximum atomic E-state index is 5.86. The summed E-state index contributed by atoms with van der Waals surface area (Å²) in [6, 6.07) is 3.85. The number of anilines is 1. The maximum Gasteiger partial charge on any atom is 0.160 e. The van der Waals surface area contributed by atoms with Gasteiger partial charge in [0.1, 0.15) is 0 Å². The minimum atomic E-state index is 0.752. The molecule has 0 aliphatic heterocycles. The van der Waals surface area contributed by atoms with Gasteiger partial charge in [-0.3, -0.25) is 0 Å². The van der Waals surface area contributed by atoms with Crippen LogP contribution < -0.4 is 5.73 Å². The molecule has 0 spiro atoms. The first-order valence-electron chi connectivity index (χ1n) is 5.02. The van der Waals surface area contributed by atoms with Gasteiger partial charge in [-0.2, -0.15) is 0 Å². The molecule has 0 bridgehead atoms. The van der Waals surface area contributed by atoms with Crippen molar-refractivity contribution in [2.75, 3.05) is 5.73 Å². The maximum absolute atomic E-state index is 5.86. The van der Waals surface area contributed by atoms with E-state index in [0.29, 0.717) is 0 Å². The summed E-state index contributed by atoms with van der Waals surface area (Å²) in [6.07, 6.45) is 3.98. The SMILES string of the molecule is CCc1nc2c(N)cccn2c1CC. The van der Waals surface area contributed by atoms with E-state index in [1.54, 1.807) is 0 Å². The minimum Gasteiger partial charge on any atom is -0.396 e. The molecule has 0 saturated carbocycles. The molecule has 3 heteroatoms. The first-order valence-corrected chi connectivity index (χ1v) is 5.02. The summed E-state index contributed by atoms with van der Waals surface area (Å²) in [6.45, 7) is 4.27. The van der Waals surface area contributed by atoms with E-state index < -0.39 is 0 Å². The summed E-state index contributed by atoms with van der Waals surface area (Å²) in [5, 5.41) is 0. The van der Waals surface area contributed by atoms with E-state index in [9.17, 15) is 0 Å². The predicted octanol–water partition coefficient (Wildman–Crippen LogP) is 2.04. The molecule has 0 amide bonds. The Kier molecular flexibility index (Phi) is 2.15. The van der Waals surface area contributed by atoms with Crippen molar-refractivity contribution in [1.29, 1.82) is 0 Å². The number of nitrogens with zero attached hydrogens (tertiary/aromatic N) is 2. The second-order valence-electron chi connectivity index (χ2n) is 3.37. The van der Waals surface area contributed by atoms with E-state index in [4.69, 9.17) is 5.73 Å². The lowest BCUT2D eigenvalue weighted by molar-refractivity contribution is 0.942. The molecule has 0 aromatic carbocycles. The van der Waals surface area contributed by atoms with Crippen molar-refractivity contribution >= 4 is 11.3 Å². The highest BCUT2D eigenvalue weighted by molar-refractivity contribution is 5.65. The van der Waals surface area contributed by atoms with Crippen molar-refractivity contribution in [1.82, 2.24) is 9.38 Å². The third kappa shape index (κ3) is 1.16. The van der Waals surface area contributed by atoms with E-state index in [1.165, 1.54) is 5.69 Å². The minimum absolute atomic E-state index is 0.752. The molecule has 3 nitrogen and oxygen atoms in total. The molecule has 74 valence electrons. The molecule has 0 fully saturated rings. The molecule has 2 N–H and O–H groups in total. The van der Waals surface area contributed by atoms with Gasteiger partial charge in [-0.15, -0.1) is 0 Å². The van der Waals surface area contributed by atoms with Gasteiger partial charge in [-0.1, -0.05) is 13.8 Å². The van der Waals surface area contributed by atoms with Gasteiger partial charge in [0, 0.05) is 11.9 Å². The molecule has 0 aliphatic carbocycles. The van der Waals surface area contributed by atoms with Crippen molar-refractivity contribution < 1.29 is 0 Å². The molecule has 2 rings (SSSR count). The third-order valence-corrected chi connectivity index (χ3v) is 2.53. The number of hydrogen-bond acceptors (Lipinski definition) is 2. The average Bonchev–Trinajstić information content (AvgIpc) is 2.57. The largest absolute Gasteiger partial charge is 0.396 e. The summed E-state index contributed by atoms with van der Waals surface area (Å²) in [7, 11) is 0. The molecular weight excluding hydrogens is 174 g/mol. The average molecular weight is 189 g/mol. The number of hydrogen-bond donors (Lipinski definition) is 1. The van der Waals surface area contributed by atoms with Crippen molar-refractivity contribution in [2.24, 2.45) is 0 Å². The van der Waals surface area contributed by atoms with Crippen LogP contribution in [0.5, 0.6) is 0 Å². The predicted molar refractivity (Wildman–Crippen MR) is 58.4 cm³/mol. The Morgan fingerprint density at radius 2 is 2.14 bits per heavy atom. The summed E-state index contributed by atoms with van der Waals surface area (Å²) >= 11 is 0. The van der Waals surface area contributed by atoms with E-state index in [2.05, 4.69) is 23.2 Å². The highest BCUT2D eigenvalue weighted by Crippen LogP contribution is 2.18. The van der Waals surface area contributed by atoms with Crippen LogP contribution >= 0.6 is 0 Å². The Morgan fingerprint density at radius 1 is 1.36 bits per heavy atom. The van der Waals surface area contributed by atoms with Crippen LogP contribution in [0.4, 0.5) is 5.69 Å². The second-order valence-corrected chi connectivity index (χ2v) is 3.37. The molecular formula is C11H15N3. The summed E-state index contributed by atoms with van der Waals surface area (Å²) < 4.78 is 2.09. The number of aryl methyl sites for hydroxylation is 2. The normalized spacial score (nSPS) is 11.0. The molecule has 14 heavy (non-hydrogen) atoms. The zero-order valence-electron chi connectivity index (χ0n) is 8.62. The van der Waals surface area contributed by atoms with Crippen LogP contribution in [0.25, 0.3) is 5.65 Å². The van der Waals surface area contributed by atoms with Crippen molar-refractivity contribution in [3.8, 4) is 0 Å². The molecule has 0 saturated heterocycles. The number of pyridine rings is 1. The Hall–Kier alpha value is -1.51. The van der Waals surface area contributed by atoms with Crippen molar-refractivity contribution in [3.05, 3.63) is 29.7 Å². The second kappa shape index (κ2) is 3.33. The van der Waals surface area contributed by atoms with Crippen molar-refractivity contribution in [3.63, 3.8) is 0 Å². The van der Waals surface area contributed by atoms with Gasteiger partial charge in [0.2, 0.25) is 0 Å². The number of nitrogens with two attached hydrogens (primary N) is 1. The lowest BCUT2D eigenvalue weighted by Gasteiger charge is -2.00. The third-order valence-electron chi connectivity index (χ3n) is 2.53. The molecule has 2 aromatic rings. The standard InChI is InChI=1S/C11H15N3/c1-3-9-10(4-2)14-7-5-6-8(12)11(14)13-9/h5-7H,3-4,12H2,1-2H3. The molecule has 0 aliphatic rings. The lowest BCUT2D eigenvalue weighted by atomic mass is 10.2. The number of rotatable bonds is 2. The van der Waals surface area contributed by atoms with Crippen LogP contribution in [0.2, 0.25) is 0 Å². The van der Waals surface area contributed by atoms with Gasteiger partial charge in [0.25, 0.3) is 0 Å². The number of aromatic nitrogens is 2.